The number of hydrogen-bond donors (Lipinski definition) is 1. The predicted octanol–water partition coefficient (Wildman–Crippen LogP) is 2.97. The summed E-state index contributed by atoms with van der Waals surface area (Å²) in [7, 11) is 1.66. The van der Waals surface area contributed by atoms with E-state index in [9.17, 15) is 4.79 Å². The highest BCUT2D eigenvalue weighted by atomic mass is 16.5. The van der Waals surface area contributed by atoms with Crippen LogP contribution in [0.15, 0.2) is 23.0 Å². The van der Waals surface area contributed by atoms with Gasteiger partial charge < -0.3 is 14.4 Å². The number of hydrogen-bond acceptors (Lipinski definition) is 6. The molecule has 4 rings (SSSR count). The highest BCUT2D eigenvalue weighted by Crippen LogP contribution is 2.29. The molecule has 1 N–H and O–H groups in total. The van der Waals surface area contributed by atoms with Gasteiger partial charge >= 0.3 is 0 Å². The van der Waals surface area contributed by atoms with Gasteiger partial charge in [0, 0.05) is 38.3 Å². The van der Waals surface area contributed by atoms with E-state index in [-0.39, 0.29) is 5.56 Å². The lowest BCUT2D eigenvalue weighted by atomic mass is 9.99. The van der Waals surface area contributed by atoms with Crippen LogP contribution in [0.25, 0.3) is 0 Å². The zero-order valence-electron chi connectivity index (χ0n) is 18.2. The van der Waals surface area contributed by atoms with Gasteiger partial charge in [0.05, 0.1) is 19.4 Å². The van der Waals surface area contributed by atoms with E-state index in [0.717, 1.165) is 85.6 Å². The predicted molar refractivity (Wildman–Crippen MR) is 117 cm³/mol. The molecular weight excluding hydrogens is 380 g/mol. The van der Waals surface area contributed by atoms with Crippen molar-refractivity contribution in [2.75, 3.05) is 38.3 Å². The number of nitrogens with zero attached hydrogens (tertiary/aromatic N) is 3. The lowest BCUT2D eigenvalue weighted by molar-refractivity contribution is 0.239. The minimum atomic E-state index is 0.0244. The Morgan fingerprint density at radius 2 is 2.00 bits per heavy atom. The van der Waals surface area contributed by atoms with Gasteiger partial charge in [0.1, 0.15) is 0 Å². The van der Waals surface area contributed by atoms with E-state index in [1.54, 1.807) is 7.11 Å². The number of nitrogens with one attached hydrogen (secondary N) is 1. The molecule has 0 atom stereocenters. The Morgan fingerprint density at radius 3 is 2.73 bits per heavy atom. The highest BCUT2D eigenvalue weighted by molar-refractivity contribution is 5.43. The van der Waals surface area contributed by atoms with Gasteiger partial charge in [-0.3, -0.25) is 14.7 Å². The molecule has 1 saturated heterocycles. The fourth-order valence-corrected chi connectivity index (χ4v) is 4.33. The van der Waals surface area contributed by atoms with Crippen molar-refractivity contribution in [1.82, 2.24) is 14.9 Å². The molecule has 30 heavy (non-hydrogen) atoms. The average Bonchev–Trinajstić information content (AvgIpc) is 2.74. The van der Waals surface area contributed by atoms with E-state index in [0.29, 0.717) is 13.2 Å². The van der Waals surface area contributed by atoms with E-state index in [2.05, 4.69) is 27.8 Å². The molecular formula is C23H32N4O3. The van der Waals surface area contributed by atoms with Gasteiger partial charge in [-0.25, -0.2) is 4.98 Å². The number of benzene rings is 1. The molecule has 7 heteroatoms. The molecule has 162 valence electrons. The number of H-pyrrole nitrogens is 1. The number of methoxy groups -OCH3 is 1. The molecule has 0 spiro atoms. The number of rotatable bonds is 6. The van der Waals surface area contributed by atoms with Crippen LogP contribution in [-0.2, 0) is 19.5 Å². The number of anilines is 1. The van der Waals surface area contributed by atoms with Crippen molar-refractivity contribution in [1.29, 1.82) is 0 Å². The Balaban J connectivity index is 1.50. The largest absolute Gasteiger partial charge is 0.493 e. The quantitative estimate of drug-likeness (QED) is 0.787. The summed E-state index contributed by atoms with van der Waals surface area (Å²) in [5.74, 6) is 2.99. The zero-order valence-corrected chi connectivity index (χ0v) is 18.2. The first-order valence-electron chi connectivity index (χ1n) is 11.0. The van der Waals surface area contributed by atoms with Crippen LogP contribution < -0.4 is 19.9 Å². The zero-order chi connectivity index (χ0) is 21.1. The number of aromatic nitrogens is 2. The SMILES string of the molecule is CCOc1cc(CN2CCc3c(nc(N4CCC(C)CC4)[nH]c3=O)C2)ccc1OC. The molecule has 1 aromatic carbocycles. The monoisotopic (exact) mass is 412 g/mol. The molecule has 7 nitrogen and oxygen atoms in total. The molecule has 0 aliphatic carbocycles. The minimum Gasteiger partial charge on any atom is -0.493 e. The summed E-state index contributed by atoms with van der Waals surface area (Å²) in [6.45, 7) is 9.08. The van der Waals surface area contributed by atoms with E-state index in [1.807, 2.05) is 19.1 Å². The summed E-state index contributed by atoms with van der Waals surface area (Å²) in [5.41, 5.74) is 2.94. The second-order valence-electron chi connectivity index (χ2n) is 8.36. The fraction of sp³-hybridized carbons (Fsp3) is 0.565. The Labute approximate surface area is 178 Å². The smallest absolute Gasteiger partial charge is 0.255 e. The molecule has 1 aromatic heterocycles. The first-order chi connectivity index (χ1) is 14.6. The first-order valence-corrected chi connectivity index (χ1v) is 11.0. The molecule has 2 aliphatic rings. The normalized spacial score (nSPS) is 17.6. The molecule has 0 radical (unpaired) electrons. The maximum atomic E-state index is 12.7. The topological polar surface area (TPSA) is 70.7 Å². The molecule has 0 saturated carbocycles. The Kier molecular flexibility index (Phi) is 6.27. The van der Waals surface area contributed by atoms with Crippen molar-refractivity contribution >= 4 is 5.95 Å². The van der Waals surface area contributed by atoms with Crippen molar-refractivity contribution in [3.63, 3.8) is 0 Å². The summed E-state index contributed by atoms with van der Waals surface area (Å²) >= 11 is 0. The lowest BCUT2D eigenvalue weighted by Crippen LogP contribution is -2.39. The van der Waals surface area contributed by atoms with E-state index in [1.165, 1.54) is 0 Å². The number of fused-ring (bicyclic) bond motifs is 1. The van der Waals surface area contributed by atoms with Crippen LogP contribution in [-0.4, -0.2) is 48.2 Å². The maximum Gasteiger partial charge on any atom is 0.255 e. The van der Waals surface area contributed by atoms with Crippen molar-refractivity contribution in [2.45, 2.75) is 46.2 Å². The summed E-state index contributed by atoms with van der Waals surface area (Å²) in [5, 5.41) is 0. The van der Waals surface area contributed by atoms with Crippen LogP contribution in [0.5, 0.6) is 11.5 Å². The molecule has 2 aliphatic heterocycles. The molecule has 0 amide bonds. The van der Waals surface area contributed by atoms with E-state index >= 15 is 0 Å². The average molecular weight is 413 g/mol. The number of aromatic amines is 1. The van der Waals surface area contributed by atoms with Gasteiger partial charge in [-0.2, -0.15) is 0 Å². The van der Waals surface area contributed by atoms with Crippen LogP contribution in [0, 0.1) is 5.92 Å². The Bertz CT molecular complexity index is 935. The van der Waals surface area contributed by atoms with Crippen molar-refractivity contribution < 1.29 is 9.47 Å². The van der Waals surface area contributed by atoms with Gasteiger partial charge in [0.2, 0.25) is 5.95 Å². The van der Waals surface area contributed by atoms with Crippen LogP contribution in [0.1, 0.15) is 43.5 Å². The summed E-state index contributed by atoms with van der Waals surface area (Å²) < 4.78 is 11.1. The van der Waals surface area contributed by atoms with Crippen molar-refractivity contribution in [2.24, 2.45) is 5.92 Å². The first kappa shape index (κ1) is 20.7. The highest BCUT2D eigenvalue weighted by Gasteiger charge is 2.24. The lowest BCUT2D eigenvalue weighted by Gasteiger charge is -2.32. The van der Waals surface area contributed by atoms with Crippen molar-refractivity contribution in [3.05, 3.63) is 45.4 Å². The summed E-state index contributed by atoms with van der Waals surface area (Å²) in [4.78, 5) is 25.1. The minimum absolute atomic E-state index is 0.0244. The van der Waals surface area contributed by atoms with Gasteiger partial charge in [-0.1, -0.05) is 13.0 Å². The molecule has 0 unspecified atom stereocenters. The Hall–Kier alpha value is -2.54. The standard InChI is InChI=1S/C23H32N4O3/c1-4-30-21-13-17(5-6-20(21)29-3)14-26-10-9-18-19(15-26)24-23(25-22(18)28)27-11-7-16(2)8-12-27/h5-6,13,16H,4,7-12,14-15H2,1-3H3,(H,24,25,28). The van der Waals surface area contributed by atoms with Gasteiger partial charge in [0.25, 0.3) is 5.56 Å². The van der Waals surface area contributed by atoms with Crippen LogP contribution in [0.4, 0.5) is 5.95 Å². The van der Waals surface area contributed by atoms with Crippen LogP contribution >= 0.6 is 0 Å². The van der Waals surface area contributed by atoms with Crippen molar-refractivity contribution in [3.8, 4) is 11.5 Å². The summed E-state index contributed by atoms with van der Waals surface area (Å²) in [6, 6.07) is 6.07. The van der Waals surface area contributed by atoms with Crippen LogP contribution in [0.3, 0.4) is 0 Å². The van der Waals surface area contributed by atoms with Crippen LogP contribution in [0.2, 0.25) is 0 Å². The second-order valence-corrected chi connectivity index (χ2v) is 8.36. The molecule has 1 fully saturated rings. The van der Waals surface area contributed by atoms with Gasteiger partial charge in [-0.05, 0) is 49.8 Å². The van der Waals surface area contributed by atoms with Gasteiger partial charge in [0.15, 0.2) is 11.5 Å². The number of piperidine rings is 1. The molecule has 3 heterocycles. The number of ether oxygens (including phenoxy) is 2. The van der Waals surface area contributed by atoms with Gasteiger partial charge in [-0.15, -0.1) is 0 Å². The van der Waals surface area contributed by atoms with E-state index < -0.39 is 0 Å². The van der Waals surface area contributed by atoms with E-state index in [4.69, 9.17) is 14.5 Å². The third kappa shape index (κ3) is 4.46. The summed E-state index contributed by atoms with van der Waals surface area (Å²) in [6.07, 6.45) is 3.02. The Morgan fingerprint density at radius 1 is 1.20 bits per heavy atom. The third-order valence-electron chi connectivity index (χ3n) is 6.16. The fourth-order valence-electron chi connectivity index (χ4n) is 4.33. The second kappa shape index (κ2) is 9.08. The molecule has 0 bridgehead atoms. The molecule has 2 aromatic rings. The third-order valence-corrected chi connectivity index (χ3v) is 6.16. The maximum absolute atomic E-state index is 12.7.